The standard InChI is InChI=1S/C16H20N2O2/c1-12(16(19)18-8-4-5-9-18)17-10-13-11-20-15-7-3-2-6-14(13)15/h2-3,6-7,11-12,17H,4-5,8-10H2,1H3. The molecule has 1 amide bonds. The molecule has 0 saturated carbocycles. The number of carbonyl (C=O) groups excluding carboxylic acids is 1. The molecular formula is C16H20N2O2. The monoisotopic (exact) mass is 272 g/mol. The van der Waals surface area contributed by atoms with Gasteiger partial charge in [-0.3, -0.25) is 4.79 Å². The Bertz CT molecular complexity index is 599. The van der Waals surface area contributed by atoms with E-state index in [-0.39, 0.29) is 11.9 Å². The number of nitrogens with one attached hydrogen (secondary N) is 1. The minimum atomic E-state index is -0.151. The molecule has 1 saturated heterocycles. The molecule has 1 aromatic heterocycles. The summed E-state index contributed by atoms with van der Waals surface area (Å²) < 4.78 is 5.51. The predicted molar refractivity (Wildman–Crippen MR) is 78.3 cm³/mol. The van der Waals surface area contributed by atoms with Crippen LogP contribution in [0.3, 0.4) is 0 Å². The molecular weight excluding hydrogens is 252 g/mol. The molecule has 1 aromatic carbocycles. The van der Waals surface area contributed by atoms with E-state index in [0.717, 1.165) is 42.5 Å². The summed E-state index contributed by atoms with van der Waals surface area (Å²) >= 11 is 0. The molecule has 2 aromatic rings. The van der Waals surface area contributed by atoms with Crippen LogP contribution < -0.4 is 5.32 Å². The van der Waals surface area contributed by atoms with Gasteiger partial charge in [-0.05, 0) is 25.8 Å². The summed E-state index contributed by atoms with van der Waals surface area (Å²) in [5.74, 6) is 0.204. The second-order valence-corrected chi connectivity index (χ2v) is 5.39. The minimum absolute atomic E-state index is 0.151. The van der Waals surface area contributed by atoms with Crippen molar-refractivity contribution < 1.29 is 9.21 Å². The molecule has 0 radical (unpaired) electrons. The van der Waals surface area contributed by atoms with E-state index in [1.54, 1.807) is 6.26 Å². The van der Waals surface area contributed by atoms with Gasteiger partial charge in [0.05, 0.1) is 12.3 Å². The van der Waals surface area contributed by atoms with Crippen LogP contribution in [0.4, 0.5) is 0 Å². The van der Waals surface area contributed by atoms with Crippen molar-refractivity contribution in [1.29, 1.82) is 0 Å². The highest BCUT2D eigenvalue weighted by Gasteiger charge is 2.22. The Morgan fingerprint density at radius 1 is 1.35 bits per heavy atom. The first-order chi connectivity index (χ1) is 9.75. The third-order valence-corrected chi connectivity index (χ3v) is 3.95. The Hall–Kier alpha value is -1.81. The van der Waals surface area contributed by atoms with Crippen LogP contribution in [-0.4, -0.2) is 29.9 Å². The van der Waals surface area contributed by atoms with Crippen LogP contribution in [0, 0.1) is 0 Å². The number of benzene rings is 1. The van der Waals surface area contributed by atoms with Crippen molar-refractivity contribution >= 4 is 16.9 Å². The van der Waals surface area contributed by atoms with Crippen molar-refractivity contribution in [2.45, 2.75) is 32.4 Å². The molecule has 0 aliphatic carbocycles. The van der Waals surface area contributed by atoms with Gasteiger partial charge in [-0.25, -0.2) is 0 Å². The molecule has 1 unspecified atom stereocenters. The van der Waals surface area contributed by atoms with Crippen molar-refractivity contribution in [2.75, 3.05) is 13.1 Å². The van der Waals surface area contributed by atoms with Gasteiger partial charge in [0.1, 0.15) is 5.58 Å². The van der Waals surface area contributed by atoms with Gasteiger partial charge in [-0.2, -0.15) is 0 Å². The molecule has 1 atom stereocenters. The quantitative estimate of drug-likeness (QED) is 0.930. The first kappa shape index (κ1) is 13.2. The van der Waals surface area contributed by atoms with Crippen LogP contribution in [0.2, 0.25) is 0 Å². The zero-order valence-electron chi connectivity index (χ0n) is 11.8. The van der Waals surface area contributed by atoms with E-state index in [1.807, 2.05) is 36.1 Å². The summed E-state index contributed by atoms with van der Waals surface area (Å²) in [4.78, 5) is 14.2. The normalized spacial score (nSPS) is 16.8. The smallest absolute Gasteiger partial charge is 0.239 e. The average Bonchev–Trinajstić information content (AvgIpc) is 3.13. The number of furan rings is 1. The zero-order chi connectivity index (χ0) is 13.9. The first-order valence-corrected chi connectivity index (χ1v) is 7.23. The molecule has 1 aliphatic heterocycles. The van der Waals surface area contributed by atoms with Crippen molar-refractivity contribution in [3.63, 3.8) is 0 Å². The fourth-order valence-electron chi connectivity index (χ4n) is 2.73. The molecule has 0 bridgehead atoms. The van der Waals surface area contributed by atoms with Crippen LogP contribution >= 0.6 is 0 Å². The van der Waals surface area contributed by atoms with Gasteiger partial charge in [0, 0.05) is 30.6 Å². The van der Waals surface area contributed by atoms with Crippen LogP contribution in [0.25, 0.3) is 11.0 Å². The Morgan fingerprint density at radius 2 is 2.10 bits per heavy atom. The molecule has 1 aliphatic rings. The maximum Gasteiger partial charge on any atom is 0.239 e. The fraction of sp³-hybridized carbons (Fsp3) is 0.438. The summed E-state index contributed by atoms with van der Waals surface area (Å²) in [6.45, 7) is 4.39. The molecule has 4 heteroatoms. The van der Waals surface area contributed by atoms with Crippen LogP contribution in [0.1, 0.15) is 25.3 Å². The molecule has 1 fully saturated rings. The lowest BCUT2D eigenvalue weighted by Crippen LogP contribution is -2.43. The second kappa shape index (κ2) is 5.67. The Balaban J connectivity index is 1.62. The van der Waals surface area contributed by atoms with Crippen LogP contribution in [0.15, 0.2) is 34.9 Å². The lowest BCUT2D eigenvalue weighted by atomic mass is 10.1. The van der Waals surface area contributed by atoms with Gasteiger partial charge in [-0.15, -0.1) is 0 Å². The molecule has 2 heterocycles. The highest BCUT2D eigenvalue weighted by molar-refractivity contribution is 5.82. The number of para-hydroxylation sites is 1. The van der Waals surface area contributed by atoms with Gasteiger partial charge < -0.3 is 14.6 Å². The summed E-state index contributed by atoms with van der Waals surface area (Å²) in [5, 5.41) is 4.41. The van der Waals surface area contributed by atoms with E-state index in [9.17, 15) is 4.79 Å². The average molecular weight is 272 g/mol. The molecule has 20 heavy (non-hydrogen) atoms. The van der Waals surface area contributed by atoms with E-state index in [4.69, 9.17) is 4.42 Å². The Morgan fingerprint density at radius 3 is 2.90 bits per heavy atom. The number of amides is 1. The topological polar surface area (TPSA) is 45.5 Å². The summed E-state index contributed by atoms with van der Waals surface area (Å²) in [7, 11) is 0. The summed E-state index contributed by atoms with van der Waals surface area (Å²) in [6.07, 6.45) is 4.03. The largest absolute Gasteiger partial charge is 0.464 e. The van der Waals surface area contributed by atoms with Gasteiger partial charge in [0.15, 0.2) is 0 Å². The number of nitrogens with zero attached hydrogens (tertiary/aromatic N) is 1. The van der Waals surface area contributed by atoms with Gasteiger partial charge in [0.2, 0.25) is 5.91 Å². The van der Waals surface area contributed by atoms with E-state index < -0.39 is 0 Å². The minimum Gasteiger partial charge on any atom is -0.464 e. The fourth-order valence-corrected chi connectivity index (χ4v) is 2.73. The van der Waals surface area contributed by atoms with Gasteiger partial charge in [-0.1, -0.05) is 18.2 Å². The van der Waals surface area contributed by atoms with E-state index in [2.05, 4.69) is 5.32 Å². The summed E-state index contributed by atoms with van der Waals surface area (Å²) in [6, 6.07) is 7.81. The number of hydrogen-bond acceptors (Lipinski definition) is 3. The second-order valence-electron chi connectivity index (χ2n) is 5.39. The Labute approximate surface area is 118 Å². The maximum absolute atomic E-state index is 12.2. The van der Waals surface area contributed by atoms with Crippen molar-refractivity contribution in [3.8, 4) is 0 Å². The Kier molecular flexibility index (Phi) is 3.74. The number of likely N-dealkylation sites (tertiary alicyclic amines) is 1. The SMILES string of the molecule is CC(NCc1coc2ccccc12)C(=O)N1CCCC1. The number of carbonyl (C=O) groups is 1. The van der Waals surface area contributed by atoms with Gasteiger partial charge >= 0.3 is 0 Å². The van der Waals surface area contributed by atoms with E-state index in [1.165, 1.54) is 0 Å². The third-order valence-electron chi connectivity index (χ3n) is 3.95. The molecule has 0 spiro atoms. The number of rotatable bonds is 4. The van der Waals surface area contributed by atoms with Crippen molar-refractivity contribution in [1.82, 2.24) is 10.2 Å². The van der Waals surface area contributed by atoms with Crippen molar-refractivity contribution in [3.05, 3.63) is 36.1 Å². The maximum atomic E-state index is 12.2. The predicted octanol–water partition coefficient (Wildman–Crippen LogP) is 2.53. The number of fused-ring (bicyclic) bond motifs is 1. The third kappa shape index (κ3) is 2.56. The zero-order valence-corrected chi connectivity index (χ0v) is 11.8. The van der Waals surface area contributed by atoms with E-state index >= 15 is 0 Å². The van der Waals surface area contributed by atoms with Crippen LogP contribution in [0.5, 0.6) is 0 Å². The van der Waals surface area contributed by atoms with E-state index in [0.29, 0.717) is 6.54 Å². The number of hydrogen-bond donors (Lipinski definition) is 1. The highest BCUT2D eigenvalue weighted by atomic mass is 16.3. The molecule has 4 nitrogen and oxygen atoms in total. The molecule has 3 rings (SSSR count). The van der Waals surface area contributed by atoms with Crippen LogP contribution in [-0.2, 0) is 11.3 Å². The lowest BCUT2D eigenvalue weighted by Gasteiger charge is -2.21. The first-order valence-electron chi connectivity index (χ1n) is 7.23. The van der Waals surface area contributed by atoms with Gasteiger partial charge in [0.25, 0.3) is 0 Å². The lowest BCUT2D eigenvalue weighted by molar-refractivity contribution is -0.131. The van der Waals surface area contributed by atoms with Crippen molar-refractivity contribution in [2.24, 2.45) is 0 Å². The molecule has 106 valence electrons. The molecule has 1 N–H and O–H groups in total. The highest BCUT2D eigenvalue weighted by Crippen LogP contribution is 2.20. The summed E-state index contributed by atoms with van der Waals surface area (Å²) in [5.41, 5.74) is 1.99.